The number of anilines is 2. The second-order valence-corrected chi connectivity index (χ2v) is 7.88. The van der Waals surface area contributed by atoms with Gasteiger partial charge < -0.3 is 14.7 Å². The predicted molar refractivity (Wildman–Crippen MR) is 109 cm³/mol. The highest BCUT2D eigenvalue weighted by atomic mass is 16.2. The van der Waals surface area contributed by atoms with E-state index in [2.05, 4.69) is 27.8 Å². The molecule has 0 atom stereocenters. The number of carbonyl (C=O) groups is 1. The summed E-state index contributed by atoms with van der Waals surface area (Å²) in [5, 5.41) is 0. The van der Waals surface area contributed by atoms with Gasteiger partial charge in [-0.05, 0) is 25.7 Å². The van der Waals surface area contributed by atoms with Crippen molar-refractivity contribution in [2.75, 3.05) is 63.2 Å². The van der Waals surface area contributed by atoms with E-state index >= 15 is 0 Å². The molecule has 0 bridgehead atoms. The maximum atomic E-state index is 11.6. The van der Waals surface area contributed by atoms with Crippen molar-refractivity contribution in [2.24, 2.45) is 0 Å². The first-order valence-corrected chi connectivity index (χ1v) is 10.3. The summed E-state index contributed by atoms with van der Waals surface area (Å²) in [5.74, 6) is 2.06. The first kappa shape index (κ1) is 19.9. The fourth-order valence-electron chi connectivity index (χ4n) is 4.09. The van der Waals surface area contributed by atoms with Crippen LogP contribution in [0, 0.1) is 0 Å². The number of piperidine rings is 1. The van der Waals surface area contributed by atoms with Gasteiger partial charge in [-0.15, -0.1) is 0 Å². The van der Waals surface area contributed by atoms with Crippen LogP contribution in [0.3, 0.4) is 0 Å². The lowest BCUT2D eigenvalue weighted by Gasteiger charge is -2.38. The second kappa shape index (κ2) is 8.87. The van der Waals surface area contributed by atoms with Crippen LogP contribution in [0.1, 0.15) is 38.8 Å². The Labute approximate surface area is 163 Å². The van der Waals surface area contributed by atoms with E-state index in [9.17, 15) is 4.79 Å². The number of aromatic nitrogens is 2. The Morgan fingerprint density at radius 2 is 1.85 bits per heavy atom. The molecule has 1 aromatic rings. The molecule has 3 rings (SSSR count). The molecule has 3 heterocycles. The van der Waals surface area contributed by atoms with E-state index in [1.54, 1.807) is 6.92 Å². The van der Waals surface area contributed by atoms with Crippen LogP contribution in [0.2, 0.25) is 0 Å². The fraction of sp³-hybridized carbons (Fsp3) is 0.750. The van der Waals surface area contributed by atoms with Crippen molar-refractivity contribution in [1.29, 1.82) is 0 Å². The van der Waals surface area contributed by atoms with Crippen LogP contribution in [-0.2, 0) is 11.2 Å². The van der Waals surface area contributed by atoms with Gasteiger partial charge in [0.05, 0.1) is 0 Å². The minimum Gasteiger partial charge on any atom is -0.356 e. The molecule has 27 heavy (non-hydrogen) atoms. The van der Waals surface area contributed by atoms with Gasteiger partial charge >= 0.3 is 0 Å². The third-order valence-electron chi connectivity index (χ3n) is 5.80. The first-order valence-electron chi connectivity index (χ1n) is 10.3. The number of rotatable bonds is 4. The number of hydrogen-bond acceptors (Lipinski definition) is 6. The molecule has 1 aromatic heterocycles. The zero-order chi connectivity index (χ0) is 19.4. The topological polar surface area (TPSA) is 55.8 Å². The van der Waals surface area contributed by atoms with E-state index in [4.69, 9.17) is 4.98 Å². The summed E-state index contributed by atoms with van der Waals surface area (Å²) >= 11 is 0. The molecule has 0 saturated carbocycles. The minimum absolute atomic E-state index is 0.207. The largest absolute Gasteiger partial charge is 0.356 e. The maximum absolute atomic E-state index is 11.6. The van der Waals surface area contributed by atoms with Crippen LogP contribution in [0.5, 0.6) is 0 Å². The molecule has 0 spiro atoms. The van der Waals surface area contributed by atoms with Gasteiger partial charge in [0.1, 0.15) is 5.82 Å². The summed E-state index contributed by atoms with van der Waals surface area (Å²) in [6.45, 7) is 9.76. The molecule has 0 aliphatic carbocycles. The van der Waals surface area contributed by atoms with Gasteiger partial charge in [0.25, 0.3) is 0 Å². The molecular weight excluding hydrogens is 340 g/mol. The smallest absolute Gasteiger partial charge is 0.227 e. The third kappa shape index (κ3) is 4.89. The Balaban J connectivity index is 1.60. The number of amides is 1. The van der Waals surface area contributed by atoms with Crippen molar-refractivity contribution < 1.29 is 4.79 Å². The van der Waals surface area contributed by atoms with Crippen LogP contribution in [0.15, 0.2) is 6.07 Å². The summed E-state index contributed by atoms with van der Waals surface area (Å²) in [6.07, 6.45) is 4.32. The molecule has 0 N–H and O–H groups in total. The highest BCUT2D eigenvalue weighted by molar-refractivity contribution is 5.73. The second-order valence-electron chi connectivity index (χ2n) is 7.88. The lowest BCUT2D eigenvalue weighted by Crippen LogP contribution is -2.46. The molecule has 2 saturated heterocycles. The standard InChI is InChI=1S/C20H34N6O/c1-5-17-15-19(22-20(21-17)23(3)4)26-11-7-18(8-12-26)25-10-6-9-24(13-14-25)16(2)27/h15,18H,5-14H2,1-4H3. The van der Waals surface area contributed by atoms with Crippen molar-refractivity contribution in [1.82, 2.24) is 19.8 Å². The number of carbonyl (C=O) groups excluding carboxylic acids is 1. The molecule has 7 heteroatoms. The summed E-state index contributed by atoms with van der Waals surface area (Å²) in [4.78, 5) is 30.0. The van der Waals surface area contributed by atoms with Gasteiger partial charge in [-0.3, -0.25) is 9.69 Å². The molecule has 0 unspecified atom stereocenters. The molecule has 2 aliphatic heterocycles. The third-order valence-corrected chi connectivity index (χ3v) is 5.80. The van der Waals surface area contributed by atoms with Crippen molar-refractivity contribution in [3.8, 4) is 0 Å². The van der Waals surface area contributed by atoms with E-state index in [1.807, 2.05) is 23.9 Å². The number of nitrogens with zero attached hydrogens (tertiary/aromatic N) is 6. The average molecular weight is 375 g/mol. The monoisotopic (exact) mass is 374 g/mol. The Bertz CT molecular complexity index is 641. The highest BCUT2D eigenvalue weighted by Crippen LogP contribution is 2.24. The fourth-order valence-corrected chi connectivity index (χ4v) is 4.09. The van der Waals surface area contributed by atoms with Gasteiger partial charge in [-0.2, -0.15) is 4.98 Å². The van der Waals surface area contributed by atoms with Crippen molar-refractivity contribution in [3.63, 3.8) is 0 Å². The number of aryl methyl sites for hydroxylation is 1. The van der Waals surface area contributed by atoms with Gasteiger partial charge in [0.2, 0.25) is 11.9 Å². The van der Waals surface area contributed by atoms with Gasteiger partial charge in [-0.1, -0.05) is 6.92 Å². The summed E-state index contributed by atoms with van der Waals surface area (Å²) in [7, 11) is 3.99. The molecule has 150 valence electrons. The summed E-state index contributed by atoms with van der Waals surface area (Å²) < 4.78 is 0. The van der Waals surface area contributed by atoms with Gasteiger partial charge in [0.15, 0.2) is 0 Å². The first-order chi connectivity index (χ1) is 13.0. The molecule has 0 aromatic carbocycles. The minimum atomic E-state index is 0.207. The lowest BCUT2D eigenvalue weighted by molar-refractivity contribution is -0.128. The van der Waals surface area contributed by atoms with Crippen LogP contribution in [-0.4, -0.2) is 85.1 Å². The van der Waals surface area contributed by atoms with E-state index < -0.39 is 0 Å². The molecule has 7 nitrogen and oxygen atoms in total. The summed E-state index contributed by atoms with van der Waals surface area (Å²) in [6, 6.07) is 2.76. The Kier molecular flexibility index (Phi) is 6.52. The molecule has 1 amide bonds. The quantitative estimate of drug-likeness (QED) is 0.798. The Morgan fingerprint density at radius 1 is 1.11 bits per heavy atom. The molecule has 2 aliphatic rings. The molecule has 2 fully saturated rings. The van der Waals surface area contributed by atoms with Crippen molar-refractivity contribution in [2.45, 2.75) is 45.6 Å². The zero-order valence-corrected chi connectivity index (χ0v) is 17.3. The van der Waals surface area contributed by atoms with Crippen molar-refractivity contribution >= 4 is 17.7 Å². The normalized spacial score (nSPS) is 19.9. The lowest BCUT2D eigenvalue weighted by atomic mass is 10.0. The predicted octanol–water partition coefficient (Wildman–Crippen LogP) is 1.63. The van der Waals surface area contributed by atoms with Crippen LogP contribution >= 0.6 is 0 Å². The van der Waals surface area contributed by atoms with Crippen LogP contribution < -0.4 is 9.80 Å². The van der Waals surface area contributed by atoms with Gasteiger partial charge in [-0.25, -0.2) is 4.98 Å². The highest BCUT2D eigenvalue weighted by Gasteiger charge is 2.27. The molecule has 0 radical (unpaired) electrons. The summed E-state index contributed by atoms with van der Waals surface area (Å²) in [5.41, 5.74) is 1.10. The number of hydrogen-bond donors (Lipinski definition) is 0. The average Bonchev–Trinajstić information content (AvgIpc) is 2.94. The molecular formula is C20H34N6O. The van der Waals surface area contributed by atoms with Crippen molar-refractivity contribution in [3.05, 3.63) is 11.8 Å². The van der Waals surface area contributed by atoms with E-state index in [0.717, 1.165) is 82.4 Å². The Hall–Kier alpha value is -1.89. The van der Waals surface area contributed by atoms with E-state index in [-0.39, 0.29) is 5.91 Å². The SMILES string of the molecule is CCc1cc(N2CCC(N3CCCN(C(C)=O)CC3)CC2)nc(N(C)C)n1. The maximum Gasteiger partial charge on any atom is 0.227 e. The van der Waals surface area contributed by atoms with Crippen LogP contribution in [0.4, 0.5) is 11.8 Å². The van der Waals surface area contributed by atoms with Crippen LogP contribution in [0.25, 0.3) is 0 Å². The van der Waals surface area contributed by atoms with E-state index in [1.165, 1.54) is 0 Å². The van der Waals surface area contributed by atoms with E-state index in [0.29, 0.717) is 6.04 Å². The zero-order valence-electron chi connectivity index (χ0n) is 17.3. The van der Waals surface area contributed by atoms with Gasteiger partial charge in [0, 0.05) is 78.1 Å². The Morgan fingerprint density at radius 3 is 2.48 bits per heavy atom.